The fourth-order valence-corrected chi connectivity index (χ4v) is 10.1. The molecule has 0 aromatic carbocycles. The predicted octanol–water partition coefficient (Wildman–Crippen LogP) is 10.3. The van der Waals surface area contributed by atoms with Gasteiger partial charge in [0.2, 0.25) is 0 Å². The van der Waals surface area contributed by atoms with Gasteiger partial charge in [0.25, 0.3) is 0 Å². The highest BCUT2D eigenvalue weighted by molar-refractivity contribution is 5.26. The average molecular weight is 657 g/mol. The summed E-state index contributed by atoms with van der Waals surface area (Å²) in [5, 5.41) is 28.5. The van der Waals surface area contributed by atoms with Crippen LogP contribution in [0.4, 0.5) is 13.2 Å². The molecule has 47 heavy (non-hydrogen) atoms. The van der Waals surface area contributed by atoms with Crippen LogP contribution in [0.3, 0.4) is 0 Å². The maximum Gasteiger partial charge on any atom is 0.392 e. The Morgan fingerprint density at radius 2 is 1.72 bits per heavy atom. The molecule has 3 N–H and O–H groups in total. The number of halogens is 3. The van der Waals surface area contributed by atoms with Gasteiger partial charge in [-0.25, -0.2) is 5.53 Å². The van der Waals surface area contributed by atoms with Crippen LogP contribution in [0.5, 0.6) is 0 Å². The molecule has 0 amide bonds. The third-order valence-corrected chi connectivity index (χ3v) is 13.2. The first-order chi connectivity index (χ1) is 22.6. The molecule has 0 radical (unpaired) electrons. The smallest absolute Gasteiger partial charge is 0.378 e. The highest BCUT2D eigenvalue weighted by Crippen LogP contribution is 2.58. The quantitative estimate of drug-likeness (QED) is 0.111. The number of nitrogens with zero attached hydrogens (tertiary/aromatic N) is 2. The minimum Gasteiger partial charge on any atom is -0.378 e. The van der Waals surface area contributed by atoms with Crippen LogP contribution in [-0.4, -0.2) is 30.1 Å². The molecule has 12 unspecified atom stereocenters. The fourth-order valence-electron chi connectivity index (χ4n) is 10.1. The molecule has 5 aliphatic rings. The molecule has 3 fully saturated rings. The van der Waals surface area contributed by atoms with Crippen molar-refractivity contribution in [3.63, 3.8) is 0 Å². The van der Waals surface area contributed by atoms with Gasteiger partial charge in [-0.15, -0.1) is 0 Å². The van der Waals surface area contributed by atoms with Gasteiger partial charge in [-0.3, -0.25) is 5.32 Å². The summed E-state index contributed by atoms with van der Waals surface area (Å²) in [4.78, 5) is 0. The van der Waals surface area contributed by atoms with Crippen LogP contribution in [0.1, 0.15) is 117 Å². The van der Waals surface area contributed by atoms with Gasteiger partial charge in [-0.05, 0) is 131 Å². The Morgan fingerprint density at radius 3 is 2.38 bits per heavy atom. The van der Waals surface area contributed by atoms with Crippen molar-refractivity contribution in [2.75, 3.05) is 6.54 Å². The first-order valence-corrected chi connectivity index (χ1v) is 18.8. The van der Waals surface area contributed by atoms with Crippen LogP contribution >= 0.6 is 0 Å². The average Bonchev–Trinajstić information content (AvgIpc) is 3.87. The maximum atomic E-state index is 14.3. The summed E-state index contributed by atoms with van der Waals surface area (Å²) in [7, 11) is 0. The van der Waals surface area contributed by atoms with Crippen LogP contribution in [-0.2, 0) is 0 Å². The van der Waals surface area contributed by atoms with E-state index in [2.05, 4.69) is 55.5 Å². The van der Waals surface area contributed by atoms with E-state index in [1.807, 2.05) is 0 Å². The molecular formula is C39H59F3N4O. The van der Waals surface area contributed by atoms with Crippen molar-refractivity contribution >= 4 is 0 Å². The standard InChI is InChI=1S/C39H59F3N4O/c1-4-25-7-9-26(10-8-25)18-29-14-16-32(20-37(29)39(40,41)42)46-38(47)30-11-6-24(3)34(19-30)36-21-35(36)33-17-15-28(12-13-31(33)22-43)27(5-2)23-45-44/h7,10,17,24,27-32,34-38,44,46-47H,4-6,8-9,11-16,18-21,23H2,1-3H3. The number of allylic oxidation sites excluding steroid dienone is 6. The van der Waals surface area contributed by atoms with E-state index in [1.54, 1.807) is 0 Å². The van der Waals surface area contributed by atoms with Gasteiger partial charge in [-0.2, -0.15) is 23.5 Å². The Labute approximate surface area is 281 Å². The van der Waals surface area contributed by atoms with Gasteiger partial charge in [0, 0.05) is 6.04 Å². The summed E-state index contributed by atoms with van der Waals surface area (Å²) in [6, 6.07) is 2.29. The third kappa shape index (κ3) is 8.98. The first-order valence-electron chi connectivity index (χ1n) is 18.8. The number of alkyl halides is 3. The molecule has 3 saturated carbocycles. The van der Waals surface area contributed by atoms with Gasteiger partial charge in [0.05, 0.1) is 24.4 Å². The van der Waals surface area contributed by atoms with Gasteiger partial charge in [0.1, 0.15) is 6.23 Å². The molecule has 0 spiro atoms. The summed E-state index contributed by atoms with van der Waals surface area (Å²) >= 11 is 0. The molecule has 0 aromatic rings. The van der Waals surface area contributed by atoms with E-state index < -0.39 is 18.3 Å². The Bertz CT molecular complexity index is 1200. The monoisotopic (exact) mass is 656 g/mol. The second kappa shape index (κ2) is 16.2. The zero-order valence-corrected chi connectivity index (χ0v) is 28.9. The second-order valence-corrected chi connectivity index (χ2v) is 15.9. The number of aliphatic hydroxyl groups is 1. The van der Waals surface area contributed by atoms with Crippen molar-refractivity contribution in [2.45, 2.75) is 136 Å². The van der Waals surface area contributed by atoms with E-state index >= 15 is 0 Å². The van der Waals surface area contributed by atoms with Crippen molar-refractivity contribution in [1.82, 2.24) is 5.32 Å². The lowest BCUT2D eigenvalue weighted by atomic mass is 9.70. The van der Waals surface area contributed by atoms with Crippen molar-refractivity contribution in [3.8, 4) is 6.07 Å². The van der Waals surface area contributed by atoms with Crippen LogP contribution in [0.25, 0.3) is 0 Å². The lowest BCUT2D eigenvalue weighted by Gasteiger charge is -2.41. The molecule has 0 aromatic heterocycles. The normalized spacial score (nSPS) is 37.8. The zero-order valence-electron chi connectivity index (χ0n) is 28.9. The number of nitrogens with one attached hydrogen (secondary N) is 2. The van der Waals surface area contributed by atoms with Crippen LogP contribution < -0.4 is 5.32 Å². The van der Waals surface area contributed by atoms with E-state index in [4.69, 9.17) is 5.53 Å². The van der Waals surface area contributed by atoms with Crippen molar-refractivity contribution in [1.29, 1.82) is 10.8 Å². The predicted molar refractivity (Wildman–Crippen MR) is 180 cm³/mol. The number of aliphatic hydroxyl groups excluding tert-OH is 1. The van der Waals surface area contributed by atoms with Crippen LogP contribution in [0, 0.1) is 76.0 Å². The molecule has 0 heterocycles. The number of rotatable bonds is 12. The topological polar surface area (TPSA) is 92.3 Å². The van der Waals surface area contributed by atoms with Crippen molar-refractivity contribution in [2.24, 2.45) is 64.3 Å². The molecule has 262 valence electrons. The molecule has 0 saturated heterocycles. The van der Waals surface area contributed by atoms with E-state index in [0.717, 1.165) is 76.2 Å². The summed E-state index contributed by atoms with van der Waals surface area (Å²) in [6.45, 7) is 7.19. The lowest BCUT2D eigenvalue weighted by Crippen LogP contribution is -2.49. The number of hydrogen-bond donors (Lipinski definition) is 3. The summed E-state index contributed by atoms with van der Waals surface area (Å²) < 4.78 is 43.0. The van der Waals surface area contributed by atoms with Crippen LogP contribution in [0.2, 0.25) is 0 Å². The third-order valence-electron chi connectivity index (χ3n) is 13.2. The minimum absolute atomic E-state index is 0.0428. The lowest BCUT2D eigenvalue weighted by molar-refractivity contribution is -0.199. The SMILES string of the molecule is CCC1=CCC(CC2CCC(NC(O)C3CCC(C)C(C4CC4C4=CCC(C(CC)CN=N)CCC4C#N)C3)CC2C(F)(F)F)=CC1. The van der Waals surface area contributed by atoms with E-state index in [-0.39, 0.29) is 30.2 Å². The number of hydrogen-bond acceptors (Lipinski definition) is 5. The van der Waals surface area contributed by atoms with Crippen molar-refractivity contribution in [3.05, 3.63) is 34.9 Å². The van der Waals surface area contributed by atoms with Gasteiger partial charge >= 0.3 is 6.18 Å². The molecule has 0 bridgehead atoms. The maximum absolute atomic E-state index is 14.3. The highest BCUT2D eigenvalue weighted by Gasteiger charge is 2.51. The molecule has 8 heteroatoms. The van der Waals surface area contributed by atoms with Crippen molar-refractivity contribution < 1.29 is 18.3 Å². The minimum atomic E-state index is -4.23. The summed E-state index contributed by atoms with van der Waals surface area (Å²) in [5.74, 6) is 1.11. The van der Waals surface area contributed by atoms with Gasteiger partial charge in [0.15, 0.2) is 0 Å². The number of nitriles is 1. The molecule has 5 nitrogen and oxygen atoms in total. The molecule has 5 aliphatic carbocycles. The first kappa shape index (κ1) is 36.3. The Morgan fingerprint density at radius 1 is 0.979 bits per heavy atom. The Balaban J connectivity index is 1.16. The second-order valence-electron chi connectivity index (χ2n) is 15.9. The Hall–Kier alpha value is -1.98. The molecular weight excluding hydrogens is 597 g/mol. The molecule has 5 rings (SSSR count). The zero-order chi connectivity index (χ0) is 33.7. The van der Waals surface area contributed by atoms with Gasteiger partial charge < -0.3 is 5.11 Å². The summed E-state index contributed by atoms with van der Waals surface area (Å²) in [6.07, 6.45) is 13.9. The summed E-state index contributed by atoms with van der Waals surface area (Å²) in [5.41, 5.74) is 11.2. The van der Waals surface area contributed by atoms with Crippen LogP contribution in [0.15, 0.2) is 40.1 Å². The molecule has 0 aliphatic heterocycles. The van der Waals surface area contributed by atoms with E-state index in [1.165, 1.54) is 11.1 Å². The van der Waals surface area contributed by atoms with E-state index in [0.29, 0.717) is 61.3 Å². The van der Waals surface area contributed by atoms with E-state index in [9.17, 15) is 23.5 Å². The fraction of sp³-hybridized carbons (Fsp3) is 0.821. The Kier molecular flexibility index (Phi) is 12.5. The van der Waals surface area contributed by atoms with Gasteiger partial charge in [-0.1, -0.05) is 68.6 Å². The highest BCUT2D eigenvalue weighted by atomic mass is 19.4. The largest absolute Gasteiger partial charge is 0.392 e. The molecule has 12 atom stereocenters.